The van der Waals surface area contributed by atoms with Gasteiger partial charge >= 0.3 is 29.6 Å². The summed E-state index contributed by atoms with van der Waals surface area (Å²) in [4.78, 5) is 12.7. The summed E-state index contributed by atoms with van der Waals surface area (Å²) in [7, 11) is -4.25. The van der Waals surface area contributed by atoms with Gasteiger partial charge in [0.25, 0.3) is 0 Å². The Balaban J connectivity index is 0.00000208. The number of ether oxygens (including phenoxy) is 1. The molecule has 24 heavy (non-hydrogen) atoms. The monoisotopic (exact) mass is 372 g/mol. The van der Waals surface area contributed by atoms with Crippen molar-refractivity contribution in [2.45, 2.75) is 6.42 Å². The maximum Gasteiger partial charge on any atom is 1.00 e. The maximum absolute atomic E-state index is 12.7. The van der Waals surface area contributed by atoms with Crippen LogP contribution in [0, 0.1) is 0 Å². The van der Waals surface area contributed by atoms with Crippen LogP contribution in [0.1, 0.15) is 6.42 Å². The van der Waals surface area contributed by atoms with Gasteiger partial charge in [-0.25, -0.2) is 8.42 Å². The van der Waals surface area contributed by atoms with E-state index in [0.29, 0.717) is 16.5 Å². The Kier molecular flexibility index (Phi) is 6.41. The first kappa shape index (κ1) is 19.4. The molecule has 0 spiro atoms. The van der Waals surface area contributed by atoms with Gasteiger partial charge in [0.1, 0.15) is 5.75 Å². The molecule has 3 rings (SSSR count). The van der Waals surface area contributed by atoms with Crippen LogP contribution in [0.4, 0.5) is 0 Å². The summed E-state index contributed by atoms with van der Waals surface area (Å²) in [6.07, 6.45) is 0.0907. The number of hydrogen-bond acceptors (Lipinski definition) is 6. The van der Waals surface area contributed by atoms with Gasteiger partial charge in [-0.1, -0.05) is 18.2 Å². The van der Waals surface area contributed by atoms with Gasteiger partial charge in [-0.15, -0.1) is 11.3 Å². The minimum Gasteiger partial charge on any atom is -0.748 e. The zero-order valence-electron chi connectivity index (χ0n) is 13.0. The molecular weight excluding hydrogens is 359 g/mol. The predicted molar refractivity (Wildman–Crippen MR) is 90.3 cm³/mol. The molecule has 0 atom stereocenters. The van der Waals surface area contributed by atoms with E-state index in [2.05, 4.69) is 0 Å². The van der Waals surface area contributed by atoms with Gasteiger partial charge in [0.2, 0.25) is 0 Å². The van der Waals surface area contributed by atoms with Gasteiger partial charge in [0.05, 0.1) is 22.1 Å². The first-order chi connectivity index (χ1) is 11.0. The number of fused-ring (bicyclic) bond motifs is 2. The molecule has 0 aliphatic carbocycles. The maximum atomic E-state index is 12.7. The van der Waals surface area contributed by atoms with Gasteiger partial charge < -0.3 is 9.29 Å². The predicted octanol–water partition coefficient (Wildman–Crippen LogP) is -0.267. The second-order valence-corrected chi connectivity index (χ2v) is 7.63. The molecule has 0 N–H and O–H groups in total. The van der Waals surface area contributed by atoms with Crippen LogP contribution < -0.4 is 39.7 Å². The van der Waals surface area contributed by atoms with Crippen LogP contribution in [0.5, 0.6) is 5.75 Å². The minimum absolute atomic E-state index is 0. The molecule has 1 aromatic heterocycles. The zero-order valence-corrected chi connectivity index (χ0v) is 16.7. The van der Waals surface area contributed by atoms with E-state index in [1.165, 1.54) is 11.3 Å². The normalized spacial score (nSPS) is 11.4. The zero-order chi connectivity index (χ0) is 16.4. The molecule has 5 nitrogen and oxygen atoms in total. The molecule has 0 fully saturated rings. The van der Waals surface area contributed by atoms with E-state index >= 15 is 0 Å². The molecule has 1 heterocycles. The minimum atomic E-state index is -4.25. The van der Waals surface area contributed by atoms with Crippen molar-refractivity contribution in [1.82, 2.24) is 0 Å². The van der Waals surface area contributed by atoms with Crippen LogP contribution in [0.3, 0.4) is 0 Å². The molecule has 0 aliphatic rings. The second kappa shape index (κ2) is 7.95. The Hall–Kier alpha value is -0.960. The molecule has 8 heteroatoms. The third-order valence-electron chi connectivity index (χ3n) is 3.36. The summed E-state index contributed by atoms with van der Waals surface area (Å²) in [5.41, 5.74) is -0.110. The van der Waals surface area contributed by atoms with Crippen LogP contribution >= 0.6 is 11.3 Å². The molecular formula is C16H13NaO5S2. The molecule has 0 radical (unpaired) electrons. The smallest absolute Gasteiger partial charge is 0.748 e. The Labute approximate surface area is 165 Å². The van der Waals surface area contributed by atoms with E-state index in [-0.39, 0.29) is 48.0 Å². The van der Waals surface area contributed by atoms with Crippen LogP contribution in [-0.2, 0) is 10.1 Å². The van der Waals surface area contributed by atoms with E-state index in [9.17, 15) is 17.8 Å². The standard InChI is InChI=1S/C16H14O5S2.Na/c17-16-11-5-1-2-7-13(11)22-14-8-3-6-12(15(14)16)21-9-4-10-23(18,19)20;/h1-3,5-8H,4,9-10H2,(H,18,19,20);/q;+1/p-1. The molecule has 0 saturated heterocycles. The van der Waals surface area contributed by atoms with Crippen molar-refractivity contribution in [3.8, 4) is 5.75 Å². The van der Waals surface area contributed by atoms with Crippen molar-refractivity contribution < 1.29 is 47.3 Å². The summed E-state index contributed by atoms with van der Waals surface area (Å²) in [6, 6.07) is 12.7. The summed E-state index contributed by atoms with van der Waals surface area (Å²) in [5.74, 6) is -0.0640. The summed E-state index contributed by atoms with van der Waals surface area (Å²) < 4.78 is 39.0. The molecule has 0 unspecified atom stereocenters. The number of rotatable bonds is 5. The molecule has 0 bridgehead atoms. The van der Waals surface area contributed by atoms with E-state index < -0.39 is 15.9 Å². The fraction of sp³-hybridized carbons (Fsp3) is 0.188. The number of hydrogen-bond donors (Lipinski definition) is 0. The molecule has 120 valence electrons. The quantitative estimate of drug-likeness (QED) is 0.267. The average Bonchev–Trinajstić information content (AvgIpc) is 2.51. The second-order valence-electron chi connectivity index (χ2n) is 5.02. The van der Waals surface area contributed by atoms with E-state index in [1.807, 2.05) is 24.3 Å². The summed E-state index contributed by atoms with van der Waals surface area (Å²) >= 11 is 1.50. The van der Waals surface area contributed by atoms with E-state index in [1.54, 1.807) is 18.2 Å². The Morgan fingerprint density at radius 2 is 1.75 bits per heavy atom. The van der Waals surface area contributed by atoms with Gasteiger partial charge in [-0.05, 0) is 30.7 Å². The largest absolute Gasteiger partial charge is 1.00 e. The van der Waals surface area contributed by atoms with Gasteiger partial charge in [-0.3, -0.25) is 4.79 Å². The van der Waals surface area contributed by atoms with Gasteiger partial charge in [0.15, 0.2) is 5.43 Å². The number of benzene rings is 2. The van der Waals surface area contributed by atoms with E-state index in [4.69, 9.17) is 4.74 Å². The van der Waals surface area contributed by atoms with Crippen LogP contribution in [-0.4, -0.2) is 25.3 Å². The Morgan fingerprint density at radius 3 is 2.50 bits per heavy atom. The molecule has 3 aromatic rings. The van der Waals surface area contributed by atoms with Crippen molar-refractivity contribution in [1.29, 1.82) is 0 Å². The van der Waals surface area contributed by atoms with Gasteiger partial charge in [0, 0.05) is 20.5 Å². The van der Waals surface area contributed by atoms with Crippen molar-refractivity contribution in [2.24, 2.45) is 0 Å². The topological polar surface area (TPSA) is 83.5 Å². The van der Waals surface area contributed by atoms with Crippen LogP contribution in [0.25, 0.3) is 20.2 Å². The Bertz CT molecular complexity index is 1030. The first-order valence-corrected chi connectivity index (χ1v) is 9.36. The third kappa shape index (κ3) is 4.36. The fourth-order valence-corrected chi connectivity index (χ4v) is 3.92. The first-order valence-electron chi connectivity index (χ1n) is 6.97. The summed E-state index contributed by atoms with van der Waals surface area (Å²) in [5, 5.41) is 1.12. The van der Waals surface area contributed by atoms with Crippen LogP contribution in [0.15, 0.2) is 47.3 Å². The average molecular weight is 372 g/mol. The van der Waals surface area contributed by atoms with Crippen molar-refractivity contribution in [2.75, 3.05) is 12.4 Å². The van der Waals surface area contributed by atoms with E-state index in [0.717, 1.165) is 9.40 Å². The SMILES string of the molecule is O=c1c2ccccc2sc2cccc(OCCCS(=O)(=O)[O-])c12.[Na+]. The van der Waals surface area contributed by atoms with Crippen LogP contribution in [0.2, 0.25) is 0 Å². The molecule has 2 aromatic carbocycles. The fourth-order valence-electron chi connectivity index (χ4n) is 2.35. The Morgan fingerprint density at radius 1 is 1.04 bits per heavy atom. The van der Waals surface area contributed by atoms with Crippen molar-refractivity contribution >= 4 is 41.6 Å². The summed E-state index contributed by atoms with van der Waals surface area (Å²) in [6.45, 7) is 0.0670. The van der Waals surface area contributed by atoms with Gasteiger partial charge in [-0.2, -0.15) is 0 Å². The molecule has 0 aliphatic heterocycles. The van der Waals surface area contributed by atoms with Crippen molar-refractivity contribution in [3.05, 3.63) is 52.7 Å². The van der Waals surface area contributed by atoms with Crippen molar-refractivity contribution in [3.63, 3.8) is 0 Å². The third-order valence-corrected chi connectivity index (χ3v) is 5.29. The molecule has 0 saturated carbocycles. The molecule has 0 amide bonds.